The first-order chi connectivity index (χ1) is 13.1. The standard InChI is InChI=1S/C24H29N2Te.HI/c1-25(2)18-20-12-8-10-16-23(20)27(22-14-6-5-7-15-22)24-17-11-9-13-21(24)19-26(3)4;/h5-17H,18-19H2,1-4H3;1H/q+1;/p-1. The number of benzene rings is 3. The van der Waals surface area contributed by atoms with Gasteiger partial charge in [0.05, 0.1) is 0 Å². The zero-order valence-corrected chi connectivity index (χ0v) is 21.6. The fraction of sp³-hybridized carbons (Fsp3) is 0.250. The van der Waals surface area contributed by atoms with E-state index in [1.165, 1.54) is 14.7 Å². The molecule has 0 atom stereocenters. The van der Waals surface area contributed by atoms with Crippen LogP contribution in [0, 0.1) is 0 Å². The van der Waals surface area contributed by atoms with E-state index in [4.69, 9.17) is 0 Å². The molecule has 2 nitrogen and oxygen atoms in total. The third-order valence-electron chi connectivity index (χ3n) is 4.34. The Labute approximate surface area is 194 Å². The van der Waals surface area contributed by atoms with Gasteiger partial charge in [-0.15, -0.1) is 0 Å². The zero-order chi connectivity index (χ0) is 19.2. The van der Waals surface area contributed by atoms with Gasteiger partial charge in [-0.1, -0.05) is 0 Å². The molecule has 0 radical (unpaired) electrons. The molecule has 0 unspecified atom stereocenters. The smallest absolute Gasteiger partial charge is 1.00 e. The van der Waals surface area contributed by atoms with Crippen LogP contribution >= 0.6 is 0 Å². The van der Waals surface area contributed by atoms with Gasteiger partial charge in [-0.2, -0.15) is 0 Å². The molecule has 0 N–H and O–H groups in total. The summed E-state index contributed by atoms with van der Waals surface area (Å²) in [5.41, 5.74) is 2.92. The SMILES string of the molecule is CN(C)Cc1ccccc1[Te+](c1ccccc1)c1ccccc1CN(C)C.[I-]. The summed E-state index contributed by atoms with van der Waals surface area (Å²) in [5.74, 6) is 0. The molecule has 0 spiro atoms. The van der Waals surface area contributed by atoms with E-state index in [0.29, 0.717) is 0 Å². The van der Waals surface area contributed by atoms with Gasteiger partial charge in [0.15, 0.2) is 0 Å². The normalized spacial score (nSPS) is 11.1. The second-order valence-corrected chi connectivity index (χ2v) is 12.9. The van der Waals surface area contributed by atoms with Gasteiger partial charge < -0.3 is 24.0 Å². The van der Waals surface area contributed by atoms with Gasteiger partial charge >= 0.3 is 171 Å². The largest absolute Gasteiger partial charge is 1.00 e. The molecule has 0 heterocycles. The summed E-state index contributed by atoms with van der Waals surface area (Å²) in [7, 11) is 8.61. The van der Waals surface area contributed by atoms with Crippen LogP contribution in [0.4, 0.5) is 0 Å². The Morgan fingerprint density at radius 1 is 0.571 bits per heavy atom. The Hall–Kier alpha value is -0.900. The van der Waals surface area contributed by atoms with E-state index in [0.717, 1.165) is 13.1 Å². The molecule has 0 amide bonds. The van der Waals surface area contributed by atoms with Gasteiger partial charge in [-0.3, -0.25) is 0 Å². The van der Waals surface area contributed by atoms with Crippen molar-refractivity contribution in [3.8, 4) is 0 Å². The summed E-state index contributed by atoms with van der Waals surface area (Å²) in [6.45, 7) is 1.96. The van der Waals surface area contributed by atoms with Gasteiger partial charge in [0, 0.05) is 0 Å². The fourth-order valence-corrected chi connectivity index (χ4v) is 10.1. The van der Waals surface area contributed by atoms with E-state index in [1.807, 2.05) is 0 Å². The van der Waals surface area contributed by atoms with Gasteiger partial charge in [0.2, 0.25) is 0 Å². The summed E-state index contributed by atoms with van der Waals surface area (Å²) < 4.78 is 4.64. The van der Waals surface area contributed by atoms with Crippen molar-refractivity contribution in [2.24, 2.45) is 0 Å². The van der Waals surface area contributed by atoms with Crippen LogP contribution < -0.4 is 34.8 Å². The first-order valence-electron chi connectivity index (χ1n) is 9.31. The van der Waals surface area contributed by atoms with Crippen LogP contribution in [-0.4, -0.2) is 57.5 Å². The Bertz CT molecular complexity index is 812. The molecule has 0 saturated carbocycles. The van der Waals surface area contributed by atoms with Crippen LogP contribution in [0.1, 0.15) is 11.1 Å². The summed E-state index contributed by atoms with van der Waals surface area (Å²) in [4.78, 5) is 4.54. The topological polar surface area (TPSA) is 6.48 Å². The molecular weight excluding hydrogens is 571 g/mol. The molecule has 4 heteroatoms. The third-order valence-corrected chi connectivity index (χ3v) is 11.2. The van der Waals surface area contributed by atoms with E-state index in [2.05, 4.69) is 117 Å². The van der Waals surface area contributed by atoms with Crippen LogP contribution in [-0.2, 0) is 13.1 Å². The number of hydrogen-bond donors (Lipinski definition) is 0. The molecule has 0 bridgehead atoms. The van der Waals surface area contributed by atoms with Crippen molar-refractivity contribution >= 4 is 30.4 Å². The van der Waals surface area contributed by atoms with Crippen LogP contribution in [0.3, 0.4) is 0 Å². The molecule has 148 valence electrons. The predicted molar refractivity (Wildman–Crippen MR) is 119 cm³/mol. The second kappa shape index (κ2) is 11.3. The van der Waals surface area contributed by atoms with Crippen molar-refractivity contribution in [2.75, 3.05) is 28.2 Å². The summed E-state index contributed by atoms with van der Waals surface area (Å²) in [5, 5.41) is 0. The van der Waals surface area contributed by atoms with Crippen molar-refractivity contribution in [1.82, 2.24) is 9.80 Å². The minimum atomic E-state index is -1.96. The maximum absolute atomic E-state index is 2.37. The molecule has 3 aromatic rings. The van der Waals surface area contributed by atoms with E-state index >= 15 is 0 Å². The Morgan fingerprint density at radius 2 is 0.964 bits per heavy atom. The number of hydrogen-bond acceptors (Lipinski definition) is 2. The Morgan fingerprint density at radius 3 is 1.39 bits per heavy atom. The van der Waals surface area contributed by atoms with E-state index in [1.54, 1.807) is 7.22 Å². The summed E-state index contributed by atoms with van der Waals surface area (Å²) in [6, 6.07) is 29.3. The molecule has 3 aromatic carbocycles. The van der Waals surface area contributed by atoms with E-state index in [-0.39, 0.29) is 24.0 Å². The molecule has 0 aromatic heterocycles. The fourth-order valence-electron chi connectivity index (χ4n) is 3.28. The molecule has 28 heavy (non-hydrogen) atoms. The maximum atomic E-state index is 2.37. The van der Waals surface area contributed by atoms with Crippen LogP contribution in [0.25, 0.3) is 0 Å². The van der Waals surface area contributed by atoms with Gasteiger partial charge in [-0.25, -0.2) is 0 Å². The minimum absolute atomic E-state index is 0. The zero-order valence-electron chi connectivity index (χ0n) is 17.1. The average Bonchev–Trinajstić information content (AvgIpc) is 2.65. The van der Waals surface area contributed by atoms with Crippen molar-refractivity contribution in [2.45, 2.75) is 13.1 Å². The molecule has 0 aliphatic rings. The van der Waals surface area contributed by atoms with Gasteiger partial charge in [0.1, 0.15) is 0 Å². The monoisotopic (exact) mass is 602 g/mol. The second-order valence-electron chi connectivity index (χ2n) is 7.31. The first kappa shape index (κ1) is 23.4. The molecule has 0 saturated heterocycles. The summed E-state index contributed by atoms with van der Waals surface area (Å²) in [6.07, 6.45) is 0. The average molecular weight is 600 g/mol. The van der Waals surface area contributed by atoms with Crippen LogP contribution in [0.2, 0.25) is 0 Å². The summed E-state index contributed by atoms with van der Waals surface area (Å²) >= 11 is -1.96. The quantitative estimate of drug-likeness (QED) is 0.263. The Balaban J connectivity index is 0.00000280. The van der Waals surface area contributed by atoms with Gasteiger partial charge in [-0.05, 0) is 0 Å². The van der Waals surface area contributed by atoms with Crippen molar-refractivity contribution in [3.05, 3.63) is 90.0 Å². The van der Waals surface area contributed by atoms with Crippen molar-refractivity contribution in [1.29, 1.82) is 0 Å². The third kappa shape index (κ3) is 6.05. The van der Waals surface area contributed by atoms with E-state index in [9.17, 15) is 0 Å². The molecule has 3 rings (SSSR count). The predicted octanol–water partition coefficient (Wildman–Crippen LogP) is -0.670. The minimum Gasteiger partial charge on any atom is -1.00 e. The van der Waals surface area contributed by atoms with Crippen LogP contribution in [0.15, 0.2) is 78.9 Å². The Kier molecular flexibility index (Phi) is 9.46. The molecular formula is C24H29IN2Te. The van der Waals surface area contributed by atoms with E-state index < -0.39 is 19.6 Å². The van der Waals surface area contributed by atoms with Crippen LogP contribution in [0.5, 0.6) is 0 Å². The molecule has 0 aliphatic carbocycles. The van der Waals surface area contributed by atoms with Crippen molar-refractivity contribution in [3.63, 3.8) is 0 Å². The molecule has 0 aliphatic heterocycles. The number of nitrogens with zero attached hydrogens (tertiary/aromatic N) is 2. The number of rotatable bonds is 7. The van der Waals surface area contributed by atoms with Crippen molar-refractivity contribution < 1.29 is 24.0 Å². The maximum Gasteiger partial charge on any atom is -1.00 e. The van der Waals surface area contributed by atoms with Gasteiger partial charge in [0.25, 0.3) is 0 Å². The number of halogens is 1. The first-order valence-corrected chi connectivity index (χ1v) is 12.8. The molecule has 0 fully saturated rings.